The lowest BCUT2D eigenvalue weighted by Gasteiger charge is -2.26. The summed E-state index contributed by atoms with van der Waals surface area (Å²) in [6.45, 7) is 7.80. The van der Waals surface area contributed by atoms with Crippen LogP contribution in [0.1, 0.15) is 30.7 Å². The molecule has 0 radical (unpaired) electrons. The Morgan fingerprint density at radius 2 is 1.87 bits per heavy atom. The van der Waals surface area contributed by atoms with E-state index in [9.17, 15) is 9.90 Å². The van der Waals surface area contributed by atoms with Crippen LogP contribution in [0.2, 0.25) is 0 Å². The van der Waals surface area contributed by atoms with Gasteiger partial charge in [-0.05, 0) is 56.4 Å². The second kappa shape index (κ2) is 14.1. The van der Waals surface area contributed by atoms with Crippen LogP contribution in [0.5, 0.6) is 11.5 Å². The van der Waals surface area contributed by atoms with Crippen LogP contribution >= 0.6 is 0 Å². The zero-order valence-electron chi connectivity index (χ0n) is 23.3. The molecule has 0 fully saturated rings. The van der Waals surface area contributed by atoms with Crippen molar-refractivity contribution in [1.82, 2.24) is 14.9 Å². The number of carbonyl (C=O) groups is 1. The minimum absolute atomic E-state index is 0.266. The van der Waals surface area contributed by atoms with E-state index < -0.39 is 6.10 Å². The quantitative estimate of drug-likeness (QED) is 0.262. The average molecular weight is 535 g/mol. The molecule has 0 saturated carbocycles. The van der Waals surface area contributed by atoms with E-state index in [0.717, 1.165) is 30.9 Å². The van der Waals surface area contributed by atoms with Gasteiger partial charge in [-0.25, -0.2) is 9.97 Å². The topological polar surface area (TPSA) is 112 Å². The largest absolute Gasteiger partial charge is 0.494 e. The number of benzene rings is 2. The van der Waals surface area contributed by atoms with Crippen molar-refractivity contribution in [3.63, 3.8) is 0 Å². The lowest BCUT2D eigenvalue weighted by Crippen LogP contribution is -2.29. The number of nitrogens with zero attached hydrogens (tertiary/aromatic N) is 4. The first kappa shape index (κ1) is 29.4. The Morgan fingerprint density at radius 3 is 2.51 bits per heavy atom. The van der Waals surface area contributed by atoms with Crippen molar-refractivity contribution in [1.29, 1.82) is 0 Å². The lowest BCUT2D eigenvalue weighted by atomic mass is 10.1. The number of hydrogen-bond donors (Lipinski definition) is 3. The van der Waals surface area contributed by atoms with Crippen LogP contribution in [0.25, 0.3) is 0 Å². The molecule has 39 heavy (non-hydrogen) atoms. The van der Waals surface area contributed by atoms with E-state index in [-0.39, 0.29) is 11.9 Å². The Hall–Kier alpha value is -4.15. The highest BCUT2D eigenvalue weighted by atomic mass is 16.5. The second-order valence-electron chi connectivity index (χ2n) is 9.24. The smallest absolute Gasteiger partial charge is 0.247 e. The van der Waals surface area contributed by atoms with Crippen LogP contribution in [0, 0.1) is 0 Å². The van der Waals surface area contributed by atoms with Crippen molar-refractivity contribution >= 4 is 28.9 Å². The highest BCUT2D eigenvalue weighted by Gasteiger charge is 2.18. The van der Waals surface area contributed by atoms with Crippen LogP contribution in [0.4, 0.5) is 23.0 Å². The summed E-state index contributed by atoms with van der Waals surface area (Å²) in [5.74, 6) is 1.22. The van der Waals surface area contributed by atoms with Gasteiger partial charge in [0, 0.05) is 32.4 Å². The lowest BCUT2D eigenvalue weighted by molar-refractivity contribution is -0.111. The van der Waals surface area contributed by atoms with Gasteiger partial charge in [-0.1, -0.05) is 25.6 Å². The summed E-state index contributed by atoms with van der Waals surface area (Å²) in [4.78, 5) is 25.2. The number of amides is 1. The number of hydrogen-bond acceptors (Lipinski definition) is 9. The van der Waals surface area contributed by atoms with Gasteiger partial charge in [-0.15, -0.1) is 0 Å². The molecule has 3 rings (SSSR count). The second-order valence-corrected chi connectivity index (χ2v) is 9.24. The van der Waals surface area contributed by atoms with Crippen molar-refractivity contribution in [2.24, 2.45) is 0 Å². The predicted octanol–water partition coefficient (Wildman–Crippen LogP) is 4.22. The van der Waals surface area contributed by atoms with E-state index in [2.05, 4.69) is 32.1 Å². The highest BCUT2D eigenvalue weighted by molar-refractivity contribution is 6.02. The molecule has 1 aromatic heterocycles. The number of aliphatic hydroxyl groups excluding tert-OH is 1. The Bertz CT molecular complexity index is 1250. The van der Waals surface area contributed by atoms with Crippen LogP contribution in [-0.2, 0) is 4.79 Å². The molecule has 3 aromatic rings. The number of ether oxygens (including phenoxy) is 2. The van der Waals surface area contributed by atoms with Gasteiger partial charge in [0.25, 0.3) is 0 Å². The average Bonchev–Trinajstić information content (AvgIpc) is 2.94. The Kier molecular flexibility index (Phi) is 10.7. The molecular weight excluding hydrogens is 496 g/mol. The van der Waals surface area contributed by atoms with E-state index in [1.165, 1.54) is 6.08 Å². The standard InChI is InChI=1S/C29H38N6O4/c1-7-17-39-21-11-9-20(10-12-21)28(37)22-13-14-30-29(32-22)33-24-18-23(31-27(36)8-2)25(19-26(24)38-6)35(5)16-15-34(3)4/h8-14,18-19,28,37H,2,7,15-17H2,1,3-6H3,(H,31,36)(H,30,32,33). The maximum absolute atomic E-state index is 12.2. The number of aliphatic hydroxyl groups is 1. The van der Waals surface area contributed by atoms with E-state index in [1.54, 1.807) is 25.4 Å². The van der Waals surface area contributed by atoms with Gasteiger partial charge in [-0.3, -0.25) is 4.79 Å². The maximum atomic E-state index is 12.2. The van der Waals surface area contributed by atoms with E-state index in [1.807, 2.05) is 63.3 Å². The summed E-state index contributed by atoms with van der Waals surface area (Å²) in [7, 11) is 7.53. The molecule has 10 nitrogen and oxygen atoms in total. The summed E-state index contributed by atoms with van der Waals surface area (Å²) in [5.41, 5.74) is 3.01. The fourth-order valence-corrected chi connectivity index (χ4v) is 3.75. The number of anilines is 4. The molecule has 1 unspecified atom stereocenters. The molecule has 0 aliphatic heterocycles. The minimum atomic E-state index is -0.953. The van der Waals surface area contributed by atoms with Gasteiger partial charge in [0.1, 0.15) is 17.6 Å². The molecule has 0 aliphatic carbocycles. The summed E-state index contributed by atoms with van der Waals surface area (Å²) in [5, 5.41) is 17.0. The fraction of sp³-hybridized carbons (Fsp3) is 0.345. The molecule has 208 valence electrons. The molecule has 1 amide bonds. The first-order valence-corrected chi connectivity index (χ1v) is 12.8. The minimum Gasteiger partial charge on any atom is -0.494 e. The van der Waals surface area contributed by atoms with Crippen LogP contribution in [-0.4, -0.2) is 73.8 Å². The molecule has 0 aliphatic rings. The molecule has 1 heterocycles. The van der Waals surface area contributed by atoms with E-state index in [4.69, 9.17) is 9.47 Å². The zero-order valence-corrected chi connectivity index (χ0v) is 23.3. The maximum Gasteiger partial charge on any atom is 0.247 e. The normalized spacial score (nSPS) is 11.6. The van der Waals surface area contributed by atoms with Gasteiger partial charge in [0.15, 0.2) is 0 Å². The summed E-state index contributed by atoms with van der Waals surface area (Å²) in [6, 6.07) is 12.6. The van der Waals surface area contributed by atoms with Crippen LogP contribution < -0.4 is 25.0 Å². The molecule has 0 spiro atoms. The molecule has 1 atom stereocenters. The summed E-state index contributed by atoms with van der Waals surface area (Å²) in [6.07, 6.45) is 2.76. The van der Waals surface area contributed by atoms with Crippen molar-refractivity contribution in [2.45, 2.75) is 19.4 Å². The van der Waals surface area contributed by atoms with Gasteiger partial charge < -0.3 is 35.0 Å². The zero-order chi connectivity index (χ0) is 28.4. The molecule has 0 saturated heterocycles. The van der Waals surface area contributed by atoms with Crippen molar-refractivity contribution < 1.29 is 19.4 Å². The van der Waals surface area contributed by atoms with E-state index >= 15 is 0 Å². The van der Waals surface area contributed by atoms with Crippen LogP contribution in [0.15, 0.2) is 61.3 Å². The number of rotatable bonds is 14. The molecule has 3 N–H and O–H groups in total. The number of likely N-dealkylation sites (N-methyl/N-ethyl adjacent to an activating group) is 2. The first-order valence-electron chi connectivity index (χ1n) is 12.8. The van der Waals surface area contributed by atoms with Gasteiger partial charge in [-0.2, -0.15) is 0 Å². The third-order valence-electron chi connectivity index (χ3n) is 5.93. The van der Waals surface area contributed by atoms with Gasteiger partial charge in [0.2, 0.25) is 11.9 Å². The molecular formula is C29H38N6O4. The molecule has 10 heteroatoms. The summed E-state index contributed by atoms with van der Waals surface area (Å²) >= 11 is 0. The highest BCUT2D eigenvalue weighted by Crippen LogP contribution is 2.38. The Balaban J connectivity index is 1.88. The SMILES string of the molecule is C=CC(=O)Nc1cc(Nc2nccc(C(O)c3ccc(OCCC)cc3)n2)c(OC)cc1N(C)CCN(C)C. The molecule has 0 bridgehead atoms. The first-order chi connectivity index (χ1) is 18.7. The molecule has 2 aromatic carbocycles. The number of methoxy groups -OCH3 is 1. The fourth-order valence-electron chi connectivity index (χ4n) is 3.75. The number of carbonyl (C=O) groups excluding carboxylic acids is 1. The summed E-state index contributed by atoms with van der Waals surface area (Å²) < 4.78 is 11.3. The van der Waals surface area contributed by atoms with Gasteiger partial charge >= 0.3 is 0 Å². The third kappa shape index (κ3) is 8.17. The van der Waals surface area contributed by atoms with E-state index in [0.29, 0.717) is 35.0 Å². The monoisotopic (exact) mass is 534 g/mol. The van der Waals surface area contributed by atoms with Crippen LogP contribution in [0.3, 0.4) is 0 Å². The Morgan fingerprint density at radius 1 is 1.13 bits per heavy atom. The van der Waals surface area contributed by atoms with Crippen molar-refractivity contribution in [3.05, 3.63) is 72.6 Å². The Labute approximate surface area is 230 Å². The van der Waals surface area contributed by atoms with Gasteiger partial charge in [0.05, 0.1) is 36.5 Å². The third-order valence-corrected chi connectivity index (χ3v) is 5.93. The number of nitrogens with one attached hydrogen (secondary N) is 2. The number of aromatic nitrogens is 2. The van der Waals surface area contributed by atoms with Crippen molar-refractivity contribution in [2.75, 3.05) is 63.5 Å². The van der Waals surface area contributed by atoms with Crippen molar-refractivity contribution in [3.8, 4) is 11.5 Å². The predicted molar refractivity (Wildman–Crippen MR) is 155 cm³/mol.